The third-order valence-electron chi connectivity index (χ3n) is 3.70. The molecule has 19 heavy (non-hydrogen) atoms. The minimum atomic E-state index is -0.212. The van der Waals surface area contributed by atoms with Crippen LogP contribution < -0.4 is 11.1 Å². The number of aliphatic hydroxyl groups is 1. The summed E-state index contributed by atoms with van der Waals surface area (Å²) >= 11 is 0. The van der Waals surface area contributed by atoms with Crippen molar-refractivity contribution in [2.45, 2.75) is 45.3 Å². The number of nitrogens with zero attached hydrogens (tertiary/aromatic N) is 2. The van der Waals surface area contributed by atoms with Crippen molar-refractivity contribution in [1.29, 1.82) is 0 Å². The van der Waals surface area contributed by atoms with Gasteiger partial charge < -0.3 is 16.2 Å². The summed E-state index contributed by atoms with van der Waals surface area (Å²) < 4.78 is 1.65. The Labute approximate surface area is 113 Å². The molecule has 6 nitrogen and oxygen atoms in total. The molecule has 1 aromatic rings. The van der Waals surface area contributed by atoms with Crippen LogP contribution in [0.5, 0.6) is 0 Å². The highest BCUT2D eigenvalue weighted by Crippen LogP contribution is 2.23. The van der Waals surface area contributed by atoms with Gasteiger partial charge in [0.2, 0.25) is 0 Å². The number of hydrogen-bond donors (Lipinski definition) is 3. The summed E-state index contributed by atoms with van der Waals surface area (Å²) in [4.78, 5) is 12.0. The minimum absolute atomic E-state index is 0.164. The first-order chi connectivity index (χ1) is 9.10. The molecule has 0 radical (unpaired) electrons. The molecule has 0 saturated heterocycles. The zero-order valence-corrected chi connectivity index (χ0v) is 11.3. The first kappa shape index (κ1) is 13.9. The van der Waals surface area contributed by atoms with Gasteiger partial charge in [-0.05, 0) is 38.5 Å². The van der Waals surface area contributed by atoms with Crippen molar-refractivity contribution < 1.29 is 9.90 Å². The summed E-state index contributed by atoms with van der Waals surface area (Å²) in [6.07, 6.45) is 5.08. The smallest absolute Gasteiger partial charge is 0.273 e. The fourth-order valence-electron chi connectivity index (χ4n) is 2.44. The van der Waals surface area contributed by atoms with E-state index >= 15 is 0 Å². The van der Waals surface area contributed by atoms with Gasteiger partial charge in [0.15, 0.2) is 5.69 Å². The van der Waals surface area contributed by atoms with Crippen LogP contribution in [0.4, 0.5) is 5.69 Å². The monoisotopic (exact) mass is 266 g/mol. The first-order valence-corrected chi connectivity index (χ1v) is 6.89. The normalized spacial score (nSPS) is 23.3. The van der Waals surface area contributed by atoms with Gasteiger partial charge in [0, 0.05) is 19.3 Å². The molecular formula is C13H22N4O2. The molecule has 1 fully saturated rings. The van der Waals surface area contributed by atoms with Crippen molar-refractivity contribution in [3.05, 3.63) is 11.9 Å². The molecule has 0 spiro atoms. The number of amides is 1. The molecule has 0 aromatic carbocycles. The lowest BCUT2D eigenvalue weighted by Gasteiger charge is -2.25. The largest absolute Gasteiger partial charge is 0.396 e. The van der Waals surface area contributed by atoms with Crippen LogP contribution in [-0.2, 0) is 6.54 Å². The number of aliphatic hydroxyl groups excluding tert-OH is 1. The molecule has 2 rings (SSSR count). The van der Waals surface area contributed by atoms with Gasteiger partial charge in [-0.1, -0.05) is 0 Å². The zero-order chi connectivity index (χ0) is 13.8. The summed E-state index contributed by atoms with van der Waals surface area (Å²) in [5, 5.41) is 16.5. The molecule has 6 heteroatoms. The van der Waals surface area contributed by atoms with Crippen LogP contribution in [0.15, 0.2) is 6.20 Å². The number of aryl methyl sites for hydroxylation is 1. The van der Waals surface area contributed by atoms with Crippen LogP contribution in [0.3, 0.4) is 0 Å². The first-order valence-electron chi connectivity index (χ1n) is 6.89. The zero-order valence-electron chi connectivity index (χ0n) is 11.3. The van der Waals surface area contributed by atoms with Crippen molar-refractivity contribution in [3.63, 3.8) is 0 Å². The quantitative estimate of drug-likeness (QED) is 0.750. The van der Waals surface area contributed by atoms with Crippen molar-refractivity contribution >= 4 is 11.6 Å². The molecular weight excluding hydrogens is 244 g/mol. The lowest BCUT2D eigenvalue weighted by atomic mass is 9.87. The van der Waals surface area contributed by atoms with Gasteiger partial charge in [0.25, 0.3) is 5.91 Å². The van der Waals surface area contributed by atoms with Crippen LogP contribution in [0.2, 0.25) is 0 Å². The Morgan fingerprint density at radius 2 is 2.21 bits per heavy atom. The van der Waals surface area contributed by atoms with E-state index in [4.69, 9.17) is 5.73 Å². The lowest BCUT2D eigenvalue weighted by Crippen LogP contribution is -2.32. The van der Waals surface area contributed by atoms with E-state index in [1.54, 1.807) is 10.9 Å². The number of nitrogen functional groups attached to an aromatic ring is 1. The third kappa shape index (κ3) is 3.47. The predicted octanol–water partition coefficient (Wildman–Crippen LogP) is 0.766. The number of nitrogens with one attached hydrogen (secondary N) is 1. The fraction of sp³-hybridized carbons (Fsp3) is 0.692. The summed E-state index contributed by atoms with van der Waals surface area (Å²) in [7, 11) is 0. The second kappa shape index (κ2) is 6.06. The molecule has 106 valence electrons. The summed E-state index contributed by atoms with van der Waals surface area (Å²) in [6.45, 7) is 3.27. The highest BCUT2D eigenvalue weighted by molar-refractivity contribution is 5.96. The molecule has 1 heterocycles. The predicted molar refractivity (Wildman–Crippen MR) is 72.6 cm³/mol. The number of aromatic nitrogens is 2. The topological polar surface area (TPSA) is 93.2 Å². The van der Waals surface area contributed by atoms with E-state index in [-0.39, 0.29) is 12.0 Å². The lowest BCUT2D eigenvalue weighted by molar-refractivity contribution is 0.0906. The number of nitrogens with two attached hydrogens (primary N) is 1. The number of carbonyl (C=O) groups is 1. The van der Waals surface area contributed by atoms with Gasteiger partial charge in [0.1, 0.15) is 0 Å². The maximum Gasteiger partial charge on any atom is 0.273 e. The summed E-state index contributed by atoms with van der Waals surface area (Å²) in [5.41, 5.74) is 6.49. The molecule has 1 aliphatic rings. The van der Waals surface area contributed by atoms with Gasteiger partial charge in [-0.15, -0.1) is 0 Å². The van der Waals surface area contributed by atoms with E-state index in [0.717, 1.165) is 25.7 Å². The van der Waals surface area contributed by atoms with E-state index in [2.05, 4.69) is 10.4 Å². The molecule has 1 amide bonds. The Morgan fingerprint density at radius 3 is 2.79 bits per heavy atom. The van der Waals surface area contributed by atoms with Gasteiger partial charge >= 0.3 is 0 Å². The van der Waals surface area contributed by atoms with Gasteiger partial charge in [-0.25, -0.2) is 0 Å². The van der Waals surface area contributed by atoms with Gasteiger partial charge in [-0.3, -0.25) is 9.48 Å². The molecule has 1 aromatic heterocycles. The number of anilines is 1. The van der Waals surface area contributed by atoms with E-state index in [1.807, 2.05) is 6.92 Å². The van der Waals surface area contributed by atoms with Crippen LogP contribution in [0.1, 0.15) is 43.1 Å². The third-order valence-corrected chi connectivity index (χ3v) is 3.70. The second-order valence-electron chi connectivity index (χ2n) is 5.17. The molecule has 0 bridgehead atoms. The van der Waals surface area contributed by atoms with Crippen molar-refractivity contribution in [2.24, 2.45) is 5.92 Å². The van der Waals surface area contributed by atoms with Crippen LogP contribution in [0, 0.1) is 5.92 Å². The van der Waals surface area contributed by atoms with E-state index < -0.39 is 0 Å². The minimum Gasteiger partial charge on any atom is -0.396 e. The Balaban J connectivity index is 1.85. The number of hydrogen-bond acceptors (Lipinski definition) is 4. The maximum absolute atomic E-state index is 12.0. The van der Waals surface area contributed by atoms with E-state index in [0.29, 0.717) is 30.4 Å². The Hall–Kier alpha value is -1.56. The van der Waals surface area contributed by atoms with Crippen molar-refractivity contribution in [1.82, 2.24) is 15.1 Å². The molecule has 0 aliphatic heterocycles. The standard InChI is InChI=1S/C13H22N4O2/c1-2-17-8-11(14)12(16-17)13(19)15-7-9-3-5-10(18)6-4-9/h8-10,18H,2-7,14H2,1H3,(H,15,19). The van der Waals surface area contributed by atoms with Gasteiger partial charge in [-0.2, -0.15) is 5.10 Å². The Morgan fingerprint density at radius 1 is 1.53 bits per heavy atom. The van der Waals surface area contributed by atoms with Crippen LogP contribution in [0.25, 0.3) is 0 Å². The molecule has 1 saturated carbocycles. The van der Waals surface area contributed by atoms with Crippen molar-refractivity contribution in [2.75, 3.05) is 12.3 Å². The summed E-state index contributed by atoms with van der Waals surface area (Å²) in [6, 6.07) is 0. The average Bonchev–Trinajstić information content (AvgIpc) is 2.79. The summed E-state index contributed by atoms with van der Waals surface area (Å²) in [5.74, 6) is 0.234. The number of carbonyl (C=O) groups excluding carboxylic acids is 1. The van der Waals surface area contributed by atoms with Crippen LogP contribution in [-0.4, -0.2) is 33.4 Å². The van der Waals surface area contributed by atoms with Crippen molar-refractivity contribution in [3.8, 4) is 0 Å². The molecule has 1 aliphatic carbocycles. The maximum atomic E-state index is 12.0. The second-order valence-corrected chi connectivity index (χ2v) is 5.17. The van der Waals surface area contributed by atoms with E-state index in [9.17, 15) is 9.90 Å². The fourth-order valence-corrected chi connectivity index (χ4v) is 2.44. The molecule has 0 atom stereocenters. The van der Waals surface area contributed by atoms with Crippen LogP contribution >= 0.6 is 0 Å². The molecule has 0 unspecified atom stereocenters. The van der Waals surface area contributed by atoms with E-state index in [1.165, 1.54) is 0 Å². The SMILES string of the molecule is CCn1cc(N)c(C(=O)NCC2CCC(O)CC2)n1. The number of rotatable bonds is 4. The Kier molecular flexibility index (Phi) is 4.42. The highest BCUT2D eigenvalue weighted by atomic mass is 16.3. The molecule has 4 N–H and O–H groups in total. The highest BCUT2D eigenvalue weighted by Gasteiger charge is 2.21. The average molecular weight is 266 g/mol. The Bertz CT molecular complexity index is 436. The van der Waals surface area contributed by atoms with Gasteiger partial charge in [0.05, 0.1) is 11.8 Å².